The molecule has 0 amide bonds. The lowest BCUT2D eigenvalue weighted by molar-refractivity contribution is 0.628. The van der Waals surface area contributed by atoms with Crippen molar-refractivity contribution in [3.05, 3.63) is 119 Å². The van der Waals surface area contributed by atoms with Crippen molar-refractivity contribution < 1.29 is 8.78 Å². The maximum Gasteiger partial charge on any atom is 0.240 e. The molecule has 208 valence electrons. The van der Waals surface area contributed by atoms with Crippen LogP contribution in [-0.4, -0.2) is 30.4 Å². The van der Waals surface area contributed by atoms with Crippen LogP contribution in [0.25, 0.3) is 45.0 Å². The highest BCUT2D eigenvalue weighted by Gasteiger charge is 2.15. The van der Waals surface area contributed by atoms with E-state index in [0.29, 0.717) is 33.9 Å². The second kappa shape index (κ2) is 12.6. The molecule has 6 aromatic rings. The molecule has 0 aliphatic carbocycles. The van der Waals surface area contributed by atoms with Crippen molar-refractivity contribution in [3.63, 3.8) is 0 Å². The molecule has 0 atom stereocenters. The number of nitrogen functional groups attached to an aromatic ring is 2. The van der Waals surface area contributed by atoms with Gasteiger partial charge in [-0.1, -0.05) is 83.9 Å². The Labute approximate surface area is 249 Å². The summed E-state index contributed by atoms with van der Waals surface area (Å²) < 4.78 is 26.6. The summed E-state index contributed by atoms with van der Waals surface area (Å²) >= 11 is 11.7. The maximum absolute atomic E-state index is 13.3. The highest BCUT2D eigenvalue weighted by molar-refractivity contribution is 6.31. The summed E-state index contributed by atoms with van der Waals surface area (Å²) in [5.74, 6) is -0.826. The van der Waals surface area contributed by atoms with Crippen LogP contribution in [0.3, 0.4) is 0 Å². The van der Waals surface area contributed by atoms with E-state index in [1.807, 2.05) is 60.7 Å². The quantitative estimate of drug-likeness (QED) is 0.218. The highest BCUT2D eigenvalue weighted by atomic mass is 35.5. The first-order valence-corrected chi connectivity index (χ1v) is 13.1. The van der Waals surface area contributed by atoms with Gasteiger partial charge in [-0.15, -0.1) is 20.4 Å². The molecule has 4 aromatic carbocycles. The van der Waals surface area contributed by atoms with Gasteiger partial charge in [0.05, 0.1) is 10.0 Å². The van der Waals surface area contributed by atoms with Crippen LogP contribution < -0.4 is 11.5 Å². The predicted octanol–water partition coefficient (Wildman–Crippen LogP) is 7.16. The molecule has 0 saturated heterocycles. The first kappa shape index (κ1) is 28.5. The van der Waals surface area contributed by atoms with E-state index in [-0.39, 0.29) is 21.9 Å². The molecule has 0 aliphatic heterocycles. The summed E-state index contributed by atoms with van der Waals surface area (Å²) in [5, 5.41) is 15.7. The zero-order chi connectivity index (χ0) is 29.6. The highest BCUT2D eigenvalue weighted by Crippen LogP contribution is 2.32. The fraction of sp³-hybridized carbons (Fsp3) is 0. The van der Waals surface area contributed by atoms with Gasteiger partial charge in [-0.25, -0.2) is 18.7 Å². The van der Waals surface area contributed by atoms with Crippen molar-refractivity contribution in [1.29, 1.82) is 0 Å². The van der Waals surface area contributed by atoms with Gasteiger partial charge in [0.25, 0.3) is 0 Å². The Balaban J connectivity index is 0.000000168. The van der Waals surface area contributed by atoms with Gasteiger partial charge >= 0.3 is 0 Å². The fourth-order valence-electron chi connectivity index (χ4n) is 3.95. The third kappa shape index (κ3) is 6.46. The van der Waals surface area contributed by atoms with Crippen molar-refractivity contribution in [2.75, 3.05) is 11.5 Å². The average Bonchev–Trinajstić information content (AvgIpc) is 3.01. The van der Waals surface area contributed by atoms with E-state index in [1.54, 1.807) is 12.1 Å². The van der Waals surface area contributed by atoms with E-state index in [2.05, 4.69) is 30.4 Å². The van der Waals surface area contributed by atoms with Crippen molar-refractivity contribution in [2.24, 2.45) is 0 Å². The molecule has 0 radical (unpaired) electrons. The van der Waals surface area contributed by atoms with Crippen LogP contribution >= 0.6 is 23.2 Å². The number of halogens is 4. The van der Waals surface area contributed by atoms with Crippen LogP contribution in [0, 0.1) is 11.6 Å². The van der Waals surface area contributed by atoms with E-state index in [9.17, 15) is 8.78 Å². The van der Waals surface area contributed by atoms with Gasteiger partial charge in [0, 0.05) is 22.3 Å². The molecule has 0 aliphatic rings. The number of anilines is 2. The molecule has 2 heterocycles. The Morgan fingerprint density at radius 1 is 0.452 bits per heavy atom. The Morgan fingerprint density at radius 2 is 0.833 bits per heavy atom. The van der Waals surface area contributed by atoms with Gasteiger partial charge in [0.2, 0.25) is 11.9 Å². The third-order valence-corrected chi connectivity index (χ3v) is 6.47. The van der Waals surface area contributed by atoms with Gasteiger partial charge in [-0.05, 0) is 36.4 Å². The molecule has 12 heteroatoms. The number of aromatic nitrogens is 6. The molecule has 42 heavy (non-hydrogen) atoms. The van der Waals surface area contributed by atoms with Gasteiger partial charge in [0.1, 0.15) is 34.4 Å². The van der Waals surface area contributed by atoms with Gasteiger partial charge < -0.3 is 11.5 Å². The van der Waals surface area contributed by atoms with E-state index < -0.39 is 11.6 Å². The Hall–Kier alpha value is -5.06. The van der Waals surface area contributed by atoms with Crippen molar-refractivity contribution >= 4 is 35.1 Å². The molecular formula is C30H20Cl2F2N8. The summed E-state index contributed by atoms with van der Waals surface area (Å²) in [6.07, 6.45) is 0. The molecule has 2 aromatic heterocycles. The summed E-state index contributed by atoms with van der Waals surface area (Å²) in [4.78, 5) is 8.48. The number of rotatable bonds is 4. The number of benzene rings is 4. The molecular weight excluding hydrogens is 581 g/mol. The van der Waals surface area contributed by atoms with Gasteiger partial charge in [-0.2, -0.15) is 0 Å². The number of nitrogens with zero attached hydrogens (tertiary/aromatic N) is 6. The predicted molar refractivity (Wildman–Crippen MR) is 160 cm³/mol. The van der Waals surface area contributed by atoms with E-state index in [4.69, 9.17) is 34.7 Å². The minimum absolute atomic E-state index is 0.0186. The van der Waals surface area contributed by atoms with Crippen molar-refractivity contribution in [1.82, 2.24) is 30.4 Å². The largest absolute Gasteiger partial charge is 0.366 e. The number of hydrogen-bond acceptors (Lipinski definition) is 8. The fourth-order valence-corrected chi connectivity index (χ4v) is 4.31. The molecule has 4 N–H and O–H groups in total. The molecule has 0 saturated carbocycles. The Bertz CT molecular complexity index is 1720. The van der Waals surface area contributed by atoms with Crippen LogP contribution in [-0.2, 0) is 0 Å². The minimum Gasteiger partial charge on any atom is -0.366 e. The minimum atomic E-state index is -0.488. The first-order chi connectivity index (χ1) is 20.3. The lowest BCUT2D eigenvalue weighted by Crippen LogP contribution is -2.02. The summed E-state index contributed by atoms with van der Waals surface area (Å²) in [7, 11) is 0. The molecule has 0 unspecified atom stereocenters. The monoisotopic (exact) mass is 600 g/mol. The summed E-state index contributed by atoms with van der Waals surface area (Å²) in [6, 6.07) is 27.6. The van der Waals surface area contributed by atoms with Crippen LogP contribution in [0.1, 0.15) is 0 Å². The third-order valence-electron chi connectivity index (χ3n) is 5.89. The Kier molecular flexibility index (Phi) is 8.56. The van der Waals surface area contributed by atoms with Crippen LogP contribution in [0.15, 0.2) is 97.1 Å². The first-order valence-electron chi connectivity index (χ1n) is 12.3. The molecule has 0 bridgehead atoms. The SMILES string of the molecule is Nc1nnc(-c2ccc(F)c(Cl)c2)c(-c2ccccc2)n1.Nc1nnc(-c2ccc(F)c(Cl)c2)c(-c2ccccc2)n1. The topological polar surface area (TPSA) is 129 Å². The molecule has 0 spiro atoms. The molecule has 0 fully saturated rings. The van der Waals surface area contributed by atoms with Crippen LogP contribution in [0.2, 0.25) is 10.0 Å². The lowest BCUT2D eigenvalue weighted by atomic mass is 10.0. The Morgan fingerprint density at radius 3 is 1.19 bits per heavy atom. The zero-order valence-electron chi connectivity index (χ0n) is 21.6. The smallest absolute Gasteiger partial charge is 0.240 e. The maximum atomic E-state index is 13.3. The van der Waals surface area contributed by atoms with Crippen LogP contribution in [0.4, 0.5) is 20.7 Å². The van der Waals surface area contributed by atoms with E-state index in [0.717, 1.165) is 11.1 Å². The molecule has 6 rings (SSSR count). The second-order valence-corrected chi connectivity index (χ2v) is 9.54. The number of nitrogens with two attached hydrogens (primary N) is 2. The molecule has 8 nitrogen and oxygen atoms in total. The van der Waals surface area contributed by atoms with Gasteiger partial charge in [-0.3, -0.25) is 0 Å². The summed E-state index contributed by atoms with van der Waals surface area (Å²) in [6.45, 7) is 0. The van der Waals surface area contributed by atoms with E-state index in [1.165, 1.54) is 24.3 Å². The zero-order valence-corrected chi connectivity index (χ0v) is 23.1. The normalized spacial score (nSPS) is 10.6. The van der Waals surface area contributed by atoms with E-state index >= 15 is 0 Å². The lowest BCUT2D eigenvalue weighted by Gasteiger charge is -2.08. The van der Waals surface area contributed by atoms with Gasteiger partial charge in [0.15, 0.2) is 0 Å². The second-order valence-electron chi connectivity index (χ2n) is 8.72. The summed E-state index contributed by atoms with van der Waals surface area (Å²) in [5.41, 5.74) is 16.3. The van der Waals surface area contributed by atoms with Crippen molar-refractivity contribution in [3.8, 4) is 45.0 Å². The standard InChI is InChI=1S/2C15H10ClFN4/c2*16-11-8-10(6-7-12(11)17)14-13(19-15(18)21-20-14)9-4-2-1-3-5-9/h2*1-8H,(H2,18,19,21). The van der Waals surface area contributed by atoms with Crippen LogP contribution in [0.5, 0.6) is 0 Å². The van der Waals surface area contributed by atoms with Crippen molar-refractivity contribution in [2.45, 2.75) is 0 Å². The number of hydrogen-bond donors (Lipinski definition) is 2. The average molecular weight is 601 g/mol.